The van der Waals surface area contributed by atoms with E-state index >= 15 is 0 Å². The third-order valence-corrected chi connectivity index (χ3v) is 5.49. The molecule has 0 amide bonds. The largest absolute Gasteiger partial charge is 0.497 e. The maximum absolute atomic E-state index is 9.31. The van der Waals surface area contributed by atoms with Crippen molar-refractivity contribution in [2.24, 2.45) is 5.92 Å². The van der Waals surface area contributed by atoms with E-state index in [0.29, 0.717) is 5.92 Å². The summed E-state index contributed by atoms with van der Waals surface area (Å²) >= 11 is 0. The monoisotopic (exact) mass is 354 g/mol. The lowest BCUT2D eigenvalue weighted by atomic mass is 9.88. The van der Waals surface area contributed by atoms with Gasteiger partial charge in [0.1, 0.15) is 5.75 Å². The van der Waals surface area contributed by atoms with Crippen LogP contribution in [0.4, 0.5) is 0 Å². The summed E-state index contributed by atoms with van der Waals surface area (Å²) in [4.78, 5) is 4.75. The molecule has 0 fully saturated rings. The minimum absolute atomic E-state index is 0.218. The fraction of sp³-hybridized carbons (Fsp3) is 0.500. The van der Waals surface area contributed by atoms with Crippen molar-refractivity contribution in [2.75, 3.05) is 13.7 Å². The molecular formula is C22H30N2O2. The van der Waals surface area contributed by atoms with Crippen molar-refractivity contribution in [3.63, 3.8) is 0 Å². The number of aliphatic hydroxyl groups is 1. The molecule has 3 rings (SSSR count). The molecule has 2 aromatic rings. The Morgan fingerprint density at radius 2 is 2.08 bits per heavy atom. The van der Waals surface area contributed by atoms with Crippen LogP contribution in [-0.4, -0.2) is 23.8 Å². The van der Waals surface area contributed by atoms with Crippen LogP contribution in [0.2, 0.25) is 0 Å². The van der Waals surface area contributed by atoms with E-state index in [-0.39, 0.29) is 18.7 Å². The van der Waals surface area contributed by atoms with Gasteiger partial charge in [-0.15, -0.1) is 0 Å². The van der Waals surface area contributed by atoms with Crippen LogP contribution in [0, 0.1) is 5.92 Å². The Kier molecular flexibility index (Phi) is 6.64. The first-order valence-electron chi connectivity index (χ1n) is 9.67. The van der Waals surface area contributed by atoms with Crippen molar-refractivity contribution in [1.29, 1.82) is 0 Å². The molecule has 1 aromatic carbocycles. The lowest BCUT2D eigenvalue weighted by Crippen LogP contribution is -2.31. The Labute approximate surface area is 156 Å². The van der Waals surface area contributed by atoms with Crippen molar-refractivity contribution >= 4 is 0 Å². The van der Waals surface area contributed by atoms with Crippen LogP contribution >= 0.6 is 0 Å². The molecule has 0 aliphatic heterocycles. The van der Waals surface area contributed by atoms with Gasteiger partial charge in [-0.1, -0.05) is 18.2 Å². The first kappa shape index (κ1) is 18.9. The molecular weight excluding hydrogens is 324 g/mol. The highest BCUT2D eigenvalue weighted by atomic mass is 16.5. The molecule has 0 spiro atoms. The summed E-state index contributed by atoms with van der Waals surface area (Å²) in [5.74, 6) is 1.38. The molecule has 0 saturated carbocycles. The van der Waals surface area contributed by atoms with E-state index in [2.05, 4.69) is 30.4 Å². The van der Waals surface area contributed by atoms with E-state index in [1.165, 1.54) is 29.7 Å². The van der Waals surface area contributed by atoms with Crippen molar-refractivity contribution in [3.05, 3.63) is 59.4 Å². The first-order valence-corrected chi connectivity index (χ1v) is 9.67. The molecule has 4 nitrogen and oxygen atoms in total. The SMILES string of the molecule is COc1ccc([C@@H](C)NC2c3ncccc3CCCC2CCCO)cc1. The van der Waals surface area contributed by atoms with Gasteiger partial charge in [0.2, 0.25) is 0 Å². The number of fused-ring (bicyclic) bond motifs is 1. The van der Waals surface area contributed by atoms with E-state index in [0.717, 1.165) is 25.0 Å². The van der Waals surface area contributed by atoms with Gasteiger partial charge < -0.3 is 15.2 Å². The van der Waals surface area contributed by atoms with Gasteiger partial charge in [0.15, 0.2) is 0 Å². The molecule has 26 heavy (non-hydrogen) atoms. The Balaban J connectivity index is 1.83. The number of nitrogens with zero attached hydrogens (tertiary/aromatic N) is 1. The first-order chi connectivity index (χ1) is 12.7. The number of hydrogen-bond donors (Lipinski definition) is 2. The minimum atomic E-state index is 0.218. The molecule has 1 aromatic heterocycles. The molecule has 0 bridgehead atoms. The zero-order valence-electron chi connectivity index (χ0n) is 15.8. The number of aliphatic hydroxyl groups excluding tert-OH is 1. The van der Waals surface area contributed by atoms with Gasteiger partial charge in [-0.25, -0.2) is 0 Å². The van der Waals surface area contributed by atoms with Gasteiger partial charge in [-0.05, 0) is 74.3 Å². The Morgan fingerprint density at radius 1 is 1.27 bits per heavy atom. The molecule has 140 valence electrons. The lowest BCUT2D eigenvalue weighted by molar-refractivity contribution is 0.241. The smallest absolute Gasteiger partial charge is 0.118 e. The summed E-state index contributed by atoms with van der Waals surface area (Å²) < 4.78 is 5.27. The van der Waals surface area contributed by atoms with Crippen LogP contribution in [0.15, 0.2) is 42.6 Å². The Morgan fingerprint density at radius 3 is 2.81 bits per heavy atom. The maximum Gasteiger partial charge on any atom is 0.118 e. The van der Waals surface area contributed by atoms with Gasteiger partial charge in [-0.2, -0.15) is 0 Å². The molecule has 1 aliphatic carbocycles. The number of hydrogen-bond acceptors (Lipinski definition) is 4. The summed E-state index contributed by atoms with van der Waals surface area (Å²) in [5.41, 5.74) is 3.79. The van der Waals surface area contributed by atoms with Gasteiger partial charge in [0, 0.05) is 18.8 Å². The fourth-order valence-electron chi connectivity index (χ4n) is 4.02. The second kappa shape index (κ2) is 9.15. The molecule has 2 N–H and O–H groups in total. The molecule has 1 aliphatic rings. The summed E-state index contributed by atoms with van der Waals surface area (Å²) in [5, 5.41) is 13.2. The van der Waals surface area contributed by atoms with Crippen molar-refractivity contribution < 1.29 is 9.84 Å². The zero-order chi connectivity index (χ0) is 18.4. The number of ether oxygens (including phenoxy) is 1. The normalized spacial score (nSPS) is 20.9. The van der Waals surface area contributed by atoms with Crippen LogP contribution in [0.3, 0.4) is 0 Å². The molecule has 1 heterocycles. The van der Waals surface area contributed by atoms with Gasteiger partial charge >= 0.3 is 0 Å². The predicted octanol–water partition coefficient (Wildman–Crippen LogP) is 4.21. The highest BCUT2D eigenvalue weighted by molar-refractivity contribution is 5.30. The molecule has 2 unspecified atom stereocenters. The summed E-state index contributed by atoms with van der Waals surface area (Å²) in [6.07, 6.45) is 7.22. The molecule has 0 radical (unpaired) electrons. The highest BCUT2D eigenvalue weighted by Gasteiger charge is 2.29. The third kappa shape index (κ3) is 4.43. The van der Waals surface area contributed by atoms with E-state index < -0.39 is 0 Å². The van der Waals surface area contributed by atoms with E-state index in [1.54, 1.807) is 7.11 Å². The number of methoxy groups -OCH3 is 1. The molecule has 4 heteroatoms. The Bertz CT molecular complexity index is 685. The fourth-order valence-corrected chi connectivity index (χ4v) is 4.02. The number of rotatable bonds is 7. The minimum Gasteiger partial charge on any atom is -0.497 e. The Hall–Kier alpha value is -1.91. The quantitative estimate of drug-likeness (QED) is 0.732. The number of aromatic nitrogens is 1. The maximum atomic E-state index is 9.31. The second-order valence-electron chi connectivity index (χ2n) is 7.21. The van der Waals surface area contributed by atoms with Crippen molar-refractivity contribution in [2.45, 2.75) is 51.1 Å². The van der Waals surface area contributed by atoms with Crippen LogP contribution in [0.5, 0.6) is 5.75 Å². The number of benzene rings is 1. The zero-order valence-corrected chi connectivity index (χ0v) is 15.8. The molecule has 3 atom stereocenters. The van der Waals surface area contributed by atoms with Gasteiger partial charge in [0.05, 0.1) is 18.8 Å². The number of aryl methyl sites for hydroxylation is 1. The third-order valence-electron chi connectivity index (χ3n) is 5.49. The summed E-state index contributed by atoms with van der Waals surface area (Å²) in [7, 11) is 1.69. The van der Waals surface area contributed by atoms with Crippen LogP contribution in [-0.2, 0) is 6.42 Å². The number of nitrogens with one attached hydrogen (secondary N) is 1. The topological polar surface area (TPSA) is 54.4 Å². The molecule has 0 saturated heterocycles. The van der Waals surface area contributed by atoms with Crippen LogP contribution < -0.4 is 10.1 Å². The van der Waals surface area contributed by atoms with Crippen LogP contribution in [0.1, 0.15) is 61.5 Å². The number of pyridine rings is 1. The standard InChI is InChI=1S/C22H30N2O2/c1-16(17-10-12-20(26-2)13-11-17)24-22-19(9-5-15-25)7-3-6-18-8-4-14-23-21(18)22/h4,8,10-14,16,19,22,24-25H,3,5-7,9,15H2,1-2H3/t16-,19?,22?/m1/s1. The van der Waals surface area contributed by atoms with E-state index in [4.69, 9.17) is 9.72 Å². The summed E-state index contributed by atoms with van der Waals surface area (Å²) in [6.45, 7) is 2.46. The summed E-state index contributed by atoms with van der Waals surface area (Å²) in [6, 6.07) is 12.9. The predicted molar refractivity (Wildman–Crippen MR) is 104 cm³/mol. The lowest BCUT2D eigenvalue weighted by Gasteiger charge is -2.30. The highest BCUT2D eigenvalue weighted by Crippen LogP contribution is 2.36. The van der Waals surface area contributed by atoms with E-state index in [9.17, 15) is 5.11 Å². The second-order valence-corrected chi connectivity index (χ2v) is 7.21. The van der Waals surface area contributed by atoms with Crippen LogP contribution in [0.25, 0.3) is 0 Å². The van der Waals surface area contributed by atoms with Crippen molar-refractivity contribution in [1.82, 2.24) is 10.3 Å². The van der Waals surface area contributed by atoms with Gasteiger partial charge in [0.25, 0.3) is 0 Å². The van der Waals surface area contributed by atoms with Crippen molar-refractivity contribution in [3.8, 4) is 5.75 Å². The van der Waals surface area contributed by atoms with Gasteiger partial charge in [-0.3, -0.25) is 4.98 Å². The average molecular weight is 354 g/mol. The van der Waals surface area contributed by atoms with E-state index in [1.807, 2.05) is 24.4 Å². The average Bonchev–Trinajstić information content (AvgIpc) is 2.86.